The Kier molecular flexibility index (Phi) is 7.24. The molecule has 4 rings (SSSR count). The molecule has 2 unspecified atom stereocenters. The number of nitrogens with two attached hydrogens (primary N) is 2. The average molecular weight is 449 g/mol. The number of amides is 3. The second kappa shape index (κ2) is 10.1. The number of hydrogen-bond acceptors (Lipinski definition) is 6. The highest BCUT2D eigenvalue weighted by molar-refractivity contribution is 8.01. The Labute approximate surface area is 187 Å². The Balaban J connectivity index is 1.43. The predicted molar refractivity (Wildman–Crippen MR) is 119 cm³/mol. The lowest BCUT2D eigenvalue weighted by molar-refractivity contribution is -0.117. The smallest absolute Gasteiger partial charge is 0.317 e. The van der Waals surface area contributed by atoms with Gasteiger partial charge < -0.3 is 31.2 Å². The summed E-state index contributed by atoms with van der Waals surface area (Å²) in [7, 11) is 0. The highest BCUT2D eigenvalue weighted by Gasteiger charge is 2.37. The number of morpholine rings is 1. The Morgan fingerprint density at radius 1 is 1.23 bits per heavy atom. The van der Waals surface area contributed by atoms with Crippen LogP contribution in [0.2, 0.25) is 0 Å². The first-order valence-corrected chi connectivity index (χ1v) is 12.0. The van der Waals surface area contributed by atoms with Crippen LogP contribution >= 0.6 is 11.8 Å². The number of rotatable bonds is 7. The number of benzene rings is 1. The lowest BCUT2D eigenvalue weighted by Crippen LogP contribution is -2.46. The maximum absolute atomic E-state index is 12.3. The molecule has 2 aliphatic heterocycles. The van der Waals surface area contributed by atoms with Crippen molar-refractivity contribution in [3.8, 4) is 5.75 Å². The fraction of sp³-hybridized carbons (Fsp3) is 0.636. The molecule has 1 saturated heterocycles. The monoisotopic (exact) mass is 448 g/mol. The van der Waals surface area contributed by atoms with Crippen LogP contribution in [0.5, 0.6) is 5.75 Å². The molecule has 1 aromatic rings. The van der Waals surface area contributed by atoms with Gasteiger partial charge in [0, 0.05) is 30.1 Å². The topological polar surface area (TPSA) is 120 Å². The van der Waals surface area contributed by atoms with Crippen molar-refractivity contribution in [3.63, 3.8) is 0 Å². The van der Waals surface area contributed by atoms with Crippen LogP contribution in [0.1, 0.15) is 42.9 Å². The van der Waals surface area contributed by atoms with Crippen molar-refractivity contribution in [2.75, 3.05) is 39.5 Å². The molecule has 2 atom stereocenters. The van der Waals surface area contributed by atoms with Gasteiger partial charge in [-0.1, -0.05) is 12.8 Å². The molecule has 31 heavy (non-hydrogen) atoms. The molecule has 170 valence electrons. The third kappa shape index (κ3) is 5.27. The number of nitrogens with one attached hydrogen (secondary N) is 1. The molecule has 0 bridgehead atoms. The van der Waals surface area contributed by atoms with Crippen molar-refractivity contribution < 1.29 is 19.1 Å². The number of urea groups is 1. The van der Waals surface area contributed by atoms with Crippen molar-refractivity contribution in [3.05, 3.63) is 23.3 Å². The SMILES string of the molecule is NC(=O)C1Sc2cc(CCNC(=O)N3CCOCC3)cc(OCC3CCCC3)c2C1N. The van der Waals surface area contributed by atoms with Gasteiger partial charge in [0.05, 0.1) is 25.9 Å². The first-order chi connectivity index (χ1) is 15.0. The molecule has 5 N–H and O–H groups in total. The summed E-state index contributed by atoms with van der Waals surface area (Å²) in [5, 5.41) is 2.50. The molecule has 1 aliphatic carbocycles. The third-order valence-electron chi connectivity index (χ3n) is 6.30. The summed E-state index contributed by atoms with van der Waals surface area (Å²) in [4.78, 5) is 26.9. The number of carbonyl (C=O) groups excluding carboxylic acids is 2. The first kappa shape index (κ1) is 22.2. The van der Waals surface area contributed by atoms with E-state index >= 15 is 0 Å². The molecule has 9 heteroatoms. The van der Waals surface area contributed by atoms with Gasteiger partial charge in [-0.15, -0.1) is 11.8 Å². The zero-order valence-electron chi connectivity index (χ0n) is 17.8. The van der Waals surface area contributed by atoms with Crippen molar-refractivity contribution >= 4 is 23.7 Å². The van der Waals surface area contributed by atoms with E-state index in [-0.39, 0.29) is 6.03 Å². The summed E-state index contributed by atoms with van der Waals surface area (Å²) in [6.45, 7) is 3.59. The number of thioether (sulfide) groups is 1. The molecule has 0 radical (unpaired) electrons. The minimum Gasteiger partial charge on any atom is -0.493 e. The van der Waals surface area contributed by atoms with Crippen LogP contribution in [-0.4, -0.2) is 61.5 Å². The average Bonchev–Trinajstić information content (AvgIpc) is 3.40. The molecule has 3 amide bonds. The molecule has 1 aromatic carbocycles. The number of carbonyl (C=O) groups is 2. The molecule has 1 saturated carbocycles. The van der Waals surface area contributed by atoms with E-state index in [2.05, 4.69) is 5.32 Å². The van der Waals surface area contributed by atoms with Gasteiger partial charge in [0.25, 0.3) is 0 Å². The fourth-order valence-corrected chi connectivity index (χ4v) is 5.77. The van der Waals surface area contributed by atoms with E-state index in [1.165, 1.54) is 37.4 Å². The Bertz CT molecular complexity index is 809. The molecule has 2 heterocycles. The maximum Gasteiger partial charge on any atom is 0.317 e. The summed E-state index contributed by atoms with van der Waals surface area (Å²) in [5.41, 5.74) is 13.9. The number of ether oxygens (including phenoxy) is 2. The van der Waals surface area contributed by atoms with Crippen molar-refractivity contribution in [1.82, 2.24) is 10.2 Å². The van der Waals surface area contributed by atoms with Crippen LogP contribution in [0.25, 0.3) is 0 Å². The number of hydrogen-bond donors (Lipinski definition) is 3. The molecule has 3 aliphatic rings. The van der Waals surface area contributed by atoms with Crippen LogP contribution < -0.4 is 21.5 Å². The largest absolute Gasteiger partial charge is 0.493 e. The van der Waals surface area contributed by atoms with Gasteiger partial charge >= 0.3 is 6.03 Å². The fourth-order valence-electron chi connectivity index (χ4n) is 4.52. The minimum absolute atomic E-state index is 0.0626. The maximum atomic E-state index is 12.3. The van der Waals surface area contributed by atoms with E-state index in [0.717, 1.165) is 21.8 Å². The molecular weight excluding hydrogens is 416 g/mol. The van der Waals surface area contributed by atoms with Gasteiger partial charge in [0.2, 0.25) is 5.91 Å². The summed E-state index contributed by atoms with van der Waals surface area (Å²) in [6.07, 6.45) is 5.57. The van der Waals surface area contributed by atoms with E-state index < -0.39 is 17.2 Å². The number of nitrogens with zero attached hydrogens (tertiary/aromatic N) is 1. The quantitative estimate of drug-likeness (QED) is 0.585. The minimum atomic E-state index is -0.486. The van der Waals surface area contributed by atoms with Gasteiger partial charge in [0.15, 0.2) is 0 Å². The summed E-state index contributed by atoms with van der Waals surface area (Å²) in [6, 6.07) is 3.53. The summed E-state index contributed by atoms with van der Waals surface area (Å²) >= 11 is 1.41. The van der Waals surface area contributed by atoms with Crippen molar-refractivity contribution in [2.45, 2.75) is 48.3 Å². The normalized spacial score (nSPS) is 23.6. The zero-order valence-corrected chi connectivity index (χ0v) is 18.6. The highest BCUT2D eigenvalue weighted by Crippen LogP contribution is 2.48. The van der Waals surface area contributed by atoms with E-state index in [1.54, 1.807) is 4.90 Å². The number of primary amides is 1. The molecule has 0 spiro atoms. The first-order valence-electron chi connectivity index (χ1n) is 11.1. The molecule has 2 fully saturated rings. The van der Waals surface area contributed by atoms with E-state index in [0.29, 0.717) is 51.8 Å². The summed E-state index contributed by atoms with van der Waals surface area (Å²) < 4.78 is 11.5. The van der Waals surface area contributed by atoms with Gasteiger partial charge in [-0.05, 0) is 42.9 Å². The van der Waals surface area contributed by atoms with Crippen LogP contribution in [0.15, 0.2) is 17.0 Å². The lowest BCUT2D eigenvalue weighted by atomic mass is 10.00. The molecular formula is C22H32N4O4S. The van der Waals surface area contributed by atoms with Crippen molar-refractivity contribution in [2.24, 2.45) is 17.4 Å². The van der Waals surface area contributed by atoms with Crippen LogP contribution in [-0.2, 0) is 16.0 Å². The van der Waals surface area contributed by atoms with Gasteiger partial charge in [-0.2, -0.15) is 0 Å². The van der Waals surface area contributed by atoms with Crippen molar-refractivity contribution in [1.29, 1.82) is 0 Å². The van der Waals surface area contributed by atoms with Crippen LogP contribution in [0, 0.1) is 5.92 Å². The third-order valence-corrected chi connectivity index (χ3v) is 7.67. The molecule has 8 nitrogen and oxygen atoms in total. The summed E-state index contributed by atoms with van der Waals surface area (Å²) in [5.74, 6) is 0.918. The van der Waals surface area contributed by atoms with E-state index in [9.17, 15) is 9.59 Å². The Morgan fingerprint density at radius 2 is 1.97 bits per heavy atom. The van der Waals surface area contributed by atoms with E-state index in [1.807, 2.05) is 12.1 Å². The van der Waals surface area contributed by atoms with Crippen LogP contribution in [0.3, 0.4) is 0 Å². The second-order valence-corrected chi connectivity index (χ2v) is 9.70. The van der Waals surface area contributed by atoms with Gasteiger partial charge in [-0.25, -0.2) is 4.79 Å². The Hall–Kier alpha value is -1.97. The number of fused-ring (bicyclic) bond motifs is 1. The standard InChI is InChI=1S/C22H32N4O4S/c23-19-18-16(30-13-14-3-1-2-4-14)11-15(12-17(18)31-20(19)21(24)27)5-6-25-22(28)26-7-9-29-10-8-26/h11-12,14,19-20H,1-10,13,23H2,(H2,24,27)(H,25,28). The van der Waals surface area contributed by atoms with Gasteiger partial charge in [-0.3, -0.25) is 4.79 Å². The van der Waals surface area contributed by atoms with Gasteiger partial charge in [0.1, 0.15) is 11.0 Å². The highest BCUT2D eigenvalue weighted by atomic mass is 32.2. The predicted octanol–water partition coefficient (Wildman–Crippen LogP) is 1.80. The lowest BCUT2D eigenvalue weighted by Gasteiger charge is -2.27. The zero-order chi connectivity index (χ0) is 21.8. The Morgan fingerprint density at radius 3 is 2.68 bits per heavy atom. The van der Waals surface area contributed by atoms with Crippen LogP contribution in [0.4, 0.5) is 4.79 Å². The molecule has 0 aromatic heterocycles. The van der Waals surface area contributed by atoms with E-state index in [4.69, 9.17) is 20.9 Å². The second-order valence-electron chi connectivity index (χ2n) is 8.52.